The number of halogens is 1. The quantitative estimate of drug-likeness (QED) is 0.187. The SMILES string of the molecule is Brc1ccc2c(c1)C1(c3ccccc3-2)c2cc3c4c(cccc4c2-c2cccc4cccc1c24)CC3. The van der Waals surface area contributed by atoms with Crippen LogP contribution in [0.4, 0.5) is 0 Å². The second-order valence-corrected chi connectivity index (χ2v) is 11.4. The fourth-order valence-electron chi connectivity index (χ4n) is 7.75. The van der Waals surface area contributed by atoms with Crippen molar-refractivity contribution in [1.82, 2.24) is 0 Å². The van der Waals surface area contributed by atoms with Crippen LogP contribution in [0.25, 0.3) is 43.8 Å². The van der Waals surface area contributed by atoms with Crippen molar-refractivity contribution in [2.75, 3.05) is 0 Å². The van der Waals surface area contributed by atoms with Crippen molar-refractivity contribution < 1.29 is 0 Å². The highest BCUT2D eigenvalue weighted by Gasteiger charge is 2.50. The lowest BCUT2D eigenvalue weighted by molar-refractivity contribution is 0.772. The monoisotopic (exact) mass is 520 g/mol. The summed E-state index contributed by atoms with van der Waals surface area (Å²) in [6.45, 7) is 0. The molecule has 1 spiro atoms. The summed E-state index contributed by atoms with van der Waals surface area (Å²) in [5, 5.41) is 5.62. The van der Waals surface area contributed by atoms with Gasteiger partial charge in [0.05, 0.1) is 5.41 Å². The number of benzene rings is 6. The Balaban J connectivity index is 1.61. The van der Waals surface area contributed by atoms with Crippen LogP contribution >= 0.6 is 15.9 Å². The summed E-state index contributed by atoms with van der Waals surface area (Å²) >= 11 is 3.84. The second-order valence-electron chi connectivity index (χ2n) is 10.5. The van der Waals surface area contributed by atoms with Crippen LogP contribution in [0.5, 0.6) is 0 Å². The van der Waals surface area contributed by atoms with Crippen molar-refractivity contribution in [1.29, 1.82) is 0 Å². The van der Waals surface area contributed by atoms with Crippen molar-refractivity contribution in [3.05, 3.63) is 141 Å². The third-order valence-electron chi connectivity index (χ3n) is 8.98. The molecule has 0 fully saturated rings. The minimum atomic E-state index is -0.345. The van der Waals surface area contributed by atoms with Gasteiger partial charge >= 0.3 is 0 Å². The van der Waals surface area contributed by atoms with E-state index in [1.807, 2.05) is 0 Å². The summed E-state index contributed by atoms with van der Waals surface area (Å²) in [5.74, 6) is 0. The van der Waals surface area contributed by atoms with E-state index in [2.05, 4.69) is 119 Å². The zero-order valence-electron chi connectivity index (χ0n) is 19.6. The maximum absolute atomic E-state index is 3.84. The summed E-state index contributed by atoms with van der Waals surface area (Å²) in [7, 11) is 0. The standard InChI is InChI=1S/C35H21Br/c36-23-16-17-25-24-9-1-2-12-28(24)35(30(25)19-23)29-13-5-8-20-6-3-11-27(33(20)29)34-26-10-4-7-21-14-15-22(32(21)26)18-31(34)35/h1-13,16-19H,14-15H2. The van der Waals surface area contributed by atoms with Gasteiger partial charge in [-0.05, 0) is 102 Å². The van der Waals surface area contributed by atoms with E-state index in [1.54, 1.807) is 0 Å². The van der Waals surface area contributed by atoms with E-state index < -0.39 is 0 Å². The molecule has 0 saturated carbocycles. The molecule has 36 heavy (non-hydrogen) atoms. The molecule has 6 aromatic carbocycles. The minimum Gasteiger partial charge on any atom is -0.0619 e. The number of hydrogen-bond acceptors (Lipinski definition) is 0. The molecule has 168 valence electrons. The van der Waals surface area contributed by atoms with Gasteiger partial charge in [-0.2, -0.15) is 0 Å². The van der Waals surface area contributed by atoms with Crippen LogP contribution in [-0.2, 0) is 18.3 Å². The molecule has 6 aromatic rings. The third-order valence-corrected chi connectivity index (χ3v) is 9.47. The van der Waals surface area contributed by atoms with Crippen LogP contribution < -0.4 is 0 Å². The largest absolute Gasteiger partial charge is 0.0726 e. The summed E-state index contributed by atoms with van der Waals surface area (Å²) in [4.78, 5) is 0. The Morgan fingerprint density at radius 1 is 0.528 bits per heavy atom. The zero-order chi connectivity index (χ0) is 23.6. The molecule has 1 atom stereocenters. The minimum absolute atomic E-state index is 0.345. The molecule has 1 heteroatoms. The molecule has 0 aromatic heterocycles. The third kappa shape index (κ3) is 2.10. The molecule has 0 N–H and O–H groups in total. The maximum atomic E-state index is 3.84. The number of rotatable bonds is 0. The number of fused-ring (bicyclic) bond motifs is 10. The molecule has 9 rings (SSSR count). The van der Waals surface area contributed by atoms with Crippen molar-refractivity contribution in [3.63, 3.8) is 0 Å². The Kier molecular flexibility index (Phi) is 3.55. The Bertz CT molecular complexity index is 1960. The molecule has 0 heterocycles. The van der Waals surface area contributed by atoms with E-state index in [1.165, 1.54) is 77.2 Å². The topological polar surface area (TPSA) is 0 Å². The molecule has 0 bridgehead atoms. The summed E-state index contributed by atoms with van der Waals surface area (Å²) in [6.07, 6.45) is 2.26. The highest BCUT2D eigenvalue weighted by atomic mass is 79.9. The van der Waals surface area contributed by atoms with Gasteiger partial charge in [0.25, 0.3) is 0 Å². The fourth-order valence-corrected chi connectivity index (χ4v) is 8.11. The number of aryl methyl sites for hydroxylation is 2. The predicted molar refractivity (Wildman–Crippen MR) is 153 cm³/mol. The average Bonchev–Trinajstić information content (AvgIpc) is 3.45. The van der Waals surface area contributed by atoms with Crippen molar-refractivity contribution in [2.24, 2.45) is 0 Å². The molecule has 3 aliphatic rings. The van der Waals surface area contributed by atoms with Gasteiger partial charge in [-0.3, -0.25) is 0 Å². The van der Waals surface area contributed by atoms with Gasteiger partial charge in [-0.15, -0.1) is 0 Å². The van der Waals surface area contributed by atoms with Gasteiger partial charge in [0.2, 0.25) is 0 Å². The highest BCUT2D eigenvalue weighted by Crippen LogP contribution is 2.63. The van der Waals surface area contributed by atoms with E-state index >= 15 is 0 Å². The van der Waals surface area contributed by atoms with Gasteiger partial charge < -0.3 is 0 Å². The molecule has 0 nitrogen and oxygen atoms in total. The van der Waals surface area contributed by atoms with Crippen LogP contribution in [0.15, 0.2) is 108 Å². The Hall–Kier alpha value is -3.68. The van der Waals surface area contributed by atoms with E-state index in [-0.39, 0.29) is 5.41 Å². The second kappa shape index (κ2) is 6.55. The van der Waals surface area contributed by atoms with Crippen molar-refractivity contribution in [3.8, 4) is 22.3 Å². The summed E-state index contributed by atoms with van der Waals surface area (Å²) in [5.41, 5.74) is 13.8. The lowest BCUT2D eigenvalue weighted by atomic mass is 9.60. The maximum Gasteiger partial charge on any atom is 0.0726 e. The summed E-state index contributed by atoms with van der Waals surface area (Å²) in [6, 6.07) is 39.3. The van der Waals surface area contributed by atoms with Crippen LogP contribution in [-0.4, -0.2) is 0 Å². The van der Waals surface area contributed by atoms with E-state index in [9.17, 15) is 0 Å². The first kappa shape index (κ1) is 19.5. The first-order valence-corrected chi connectivity index (χ1v) is 13.6. The lowest BCUT2D eigenvalue weighted by Gasteiger charge is -2.41. The molecule has 0 amide bonds. The predicted octanol–water partition coefficient (Wildman–Crippen LogP) is 9.20. The van der Waals surface area contributed by atoms with Crippen LogP contribution in [0.2, 0.25) is 0 Å². The summed E-state index contributed by atoms with van der Waals surface area (Å²) < 4.78 is 1.13. The van der Waals surface area contributed by atoms with Gasteiger partial charge in [-0.25, -0.2) is 0 Å². The fraction of sp³-hybridized carbons (Fsp3) is 0.0857. The Labute approximate surface area is 218 Å². The first-order valence-electron chi connectivity index (χ1n) is 12.8. The van der Waals surface area contributed by atoms with Crippen LogP contribution in [0.1, 0.15) is 33.4 Å². The molecular weight excluding hydrogens is 500 g/mol. The molecule has 3 aliphatic carbocycles. The zero-order valence-corrected chi connectivity index (χ0v) is 21.2. The molecular formula is C35H21Br. The van der Waals surface area contributed by atoms with Crippen molar-refractivity contribution in [2.45, 2.75) is 18.3 Å². The molecule has 0 saturated heterocycles. The van der Waals surface area contributed by atoms with Crippen LogP contribution in [0.3, 0.4) is 0 Å². The Morgan fingerprint density at radius 2 is 1.28 bits per heavy atom. The van der Waals surface area contributed by atoms with Crippen molar-refractivity contribution >= 4 is 37.5 Å². The Morgan fingerprint density at radius 3 is 2.22 bits per heavy atom. The first-order chi connectivity index (χ1) is 17.8. The average molecular weight is 521 g/mol. The lowest BCUT2D eigenvalue weighted by Crippen LogP contribution is -2.32. The normalized spacial score (nSPS) is 18.0. The molecule has 0 aliphatic heterocycles. The van der Waals surface area contributed by atoms with Crippen LogP contribution in [0, 0.1) is 0 Å². The molecule has 1 unspecified atom stereocenters. The highest BCUT2D eigenvalue weighted by molar-refractivity contribution is 9.10. The van der Waals surface area contributed by atoms with Gasteiger partial charge in [-0.1, -0.05) is 107 Å². The number of hydrogen-bond donors (Lipinski definition) is 0. The van der Waals surface area contributed by atoms with E-state index in [4.69, 9.17) is 0 Å². The van der Waals surface area contributed by atoms with E-state index in [0.29, 0.717) is 0 Å². The van der Waals surface area contributed by atoms with Gasteiger partial charge in [0.15, 0.2) is 0 Å². The van der Waals surface area contributed by atoms with Gasteiger partial charge in [0, 0.05) is 4.47 Å². The van der Waals surface area contributed by atoms with Gasteiger partial charge in [0.1, 0.15) is 0 Å². The smallest absolute Gasteiger partial charge is 0.0619 e. The van der Waals surface area contributed by atoms with E-state index in [0.717, 1.165) is 17.3 Å². The molecule has 0 radical (unpaired) electrons.